The summed E-state index contributed by atoms with van der Waals surface area (Å²) >= 11 is 6.05. The molecule has 1 amide bonds. The summed E-state index contributed by atoms with van der Waals surface area (Å²) in [5.41, 5.74) is 0.597. The van der Waals surface area contributed by atoms with E-state index in [0.717, 1.165) is 12.8 Å². The quantitative estimate of drug-likeness (QED) is 0.883. The first-order chi connectivity index (χ1) is 10.1. The molecule has 0 saturated heterocycles. The van der Waals surface area contributed by atoms with Crippen LogP contribution in [0, 0.1) is 5.92 Å². The SMILES string of the molecule is COc1cc(NC(=O)CC2CCCCC2)c(OC)cc1Cl. The molecule has 1 saturated carbocycles. The molecule has 1 aliphatic rings. The topological polar surface area (TPSA) is 47.6 Å². The lowest BCUT2D eigenvalue weighted by molar-refractivity contribution is -0.117. The van der Waals surface area contributed by atoms with Crippen LogP contribution in [0.1, 0.15) is 38.5 Å². The van der Waals surface area contributed by atoms with Gasteiger partial charge in [0, 0.05) is 18.6 Å². The molecule has 4 nitrogen and oxygen atoms in total. The second kappa shape index (κ2) is 7.55. The molecule has 0 unspecified atom stereocenters. The van der Waals surface area contributed by atoms with E-state index in [2.05, 4.69) is 5.32 Å². The number of halogens is 1. The Morgan fingerprint density at radius 3 is 2.48 bits per heavy atom. The average molecular weight is 312 g/mol. The van der Waals surface area contributed by atoms with Crippen LogP contribution in [-0.4, -0.2) is 20.1 Å². The first-order valence-corrected chi connectivity index (χ1v) is 7.73. The van der Waals surface area contributed by atoms with E-state index in [0.29, 0.717) is 34.5 Å². The lowest BCUT2D eigenvalue weighted by Gasteiger charge is -2.21. The van der Waals surface area contributed by atoms with Gasteiger partial charge in [0.05, 0.1) is 24.9 Å². The Bertz CT molecular complexity index is 499. The van der Waals surface area contributed by atoms with Gasteiger partial charge in [-0.1, -0.05) is 30.9 Å². The number of hydrogen-bond acceptors (Lipinski definition) is 3. The number of nitrogens with one attached hydrogen (secondary N) is 1. The van der Waals surface area contributed by atoms with Crippen LogP contribution in [0.3, 0.4) is 0 Å². The number of rotatable bonds is 5. The molecule has 1 N–H and O–H groups in total. The average Bonchev–Trinajstić information content (AvgIpc) is 2.49. The lowest BCUT2D eigenvalue weighted by Crippen LogP contribution is -2.18. The van der Waals surface area contributed by atoms with Gasteiger partial charge in [-0.05, 0) is 18.8 Å². The Kier molecular flexibility index (Phi) is 5.74. The van der Waals surface area contributed by atoms with Crippen LogP contribution in [0.4, 0.5) is 5.69 Å². The van der Waals surface area contributed by atoms with E-state index in [1.54, 1.807) is 26.4 Å². The zero-order chi connectivity index (χ0) is 15.2. The van der Waals surface area contributed by atoms with Crippen LogP contribution in [-0.2, 0) is 4.79 Å². The Hall–Kier alpha value is -1.42. The van der Waals surface area contributed by atoms with Crippen molar-refractivity contribution in [2.45, 2.75) is 38.5 Å². The number of methoxy groups -OCH3 is 2. The van der Waals surface area contributed by atoms with Gasteiger partial charge in [-0.3, -0.25) is 4.79 Å². The molecule has 1 aliphatic carbocycles. The van der Waals surface area contributed by atoms with E-state index in [1.807, 2.05) is 0 Å². The molecular formula is C16H22ClNO3. The Labute approximate surface area is 130 Å². The van der Waals surface area contributed by atoms with E-state index in [9.17, 15) is 4.79 Å². The zero-order valence-corrected chi connectivity index (χ0v) is 13.3. The third-order valence-corrected chi connectivity index (χ3v) is 4.24. The fourth-order valence-electron chi connectivity index (χ4n) is 2.81. The van der Waals surface area contributed by atoms with E-state index >= 15 is 0 Å². The number of amides is 1. The van der Waals surface area contributed by atoms with Crippen molar-refractivity contribution in [3.63, 3.8) is 0 Å². The van der Waals surface area contributed by atoms with Crippen molar-refractivity contribution in [3.05, 3.63) is 17.2 Å². The molecule has 0 spiro atoms. The number of carbonyl (C=O) groups excluding carboxylic acids is 1. The lowest BCUT2D eigenvalue weighted by atomic mass is 9.87. The zero-order valence-electron chi connectivity index (χ0n) is 12.6. The normalized spacial score (nSPS) is 15.6. The Morgan fingerprint density at radius 1 is 1.19 bits per heavy atom. The minimum atomic E-state index is 0.0181. The first kappa shape index (κ1) is 16.0. The van der Waals surface area contributed by atoms with Crippen molar-refractivity contribution in [1.29, 1.82) is 0 Å². The molecule has 21 heavy (non-hydrogen) atoms. The van der Waals surface area contributed by atoms with Gasteiger partial charge < -0.3 is 14.8 Å². The summed E-state index contributed by atoms with van der Waals surface area (Å²) in [6.07, 6.45) is 6.61. The van der Waals surface area contributed by atoms with E-state index in [4.69, 9.17) is 21.1 Å². The molecule has 0 atom stereocenters. The van der Waals surface area contributed by atoms with Gasteiger partial charge in [0.15, 0.2) is 0 Å². The molecule has 116 valence electrons. The van der Waals surface area contributed by atoms with Crippen molar-refractivity contribution in [1.82, 2.24) is 0 Å². The molecule has 1 fully saturated rings. The van der Waals surface area contributed by atoms with Crippen LogP contribution >= 0.6 is 11.6 Å². The van der Waals surface area contributed by atoms with Crippen molar-refractivity contribution in [2.75, 3.05) is 19.5 Å². The fourth-order valence-corrected chi connectivity index (χ4v) is 3.04. The largest absolute Gasteiger partial charge is 0.495 e. The molecule has 0 radical (unpaired) electrons. The smallest absolute Gasteiger partial charge is 0.224 e. The van der Waals surface area contributed by atoms with Gasteiger partial charge in [0.1, 0.15) is 11.5 Å². The minimum absolute atomic E-state index is 0.0181. The monoisotopic (exact) mass is 311 g/mol. The third kappa shape index (κ3) is 4.27. The molecular weight excluding hydrogens is 290 g/mol. The second-order valence-electron chi connectivity index (χ2n) is 5.44. The number of carbonyl (C=O) groups is 1. The van der Waals surface area contributed by atoms with Crippen LogP contribution in [0.5, 0.6) is 11.5 Å². The van der Waals surface area contributed by atoms with Crippen LogP contribution in [0.25, 0.3) is 0 Å². The van der Waals surface area contributed by atoms with E-state index in [1.165, 1.54) is 19.3 Å². The third-order valence-electron chi connectivity index (χ3n) is 3.95. The highest BCUT2D eigenvalue weighted by Crippen LogP contribution is 2.36. The highest BCUT2D eigenvalue weighted by Gasteiger charge is 2.18. The summed E-state index contributed by atoms with van der Waals surface area (Å²) in [5, 5.41) is 3.37. The summed E-state index contributed by atoms with van der Waals surface area (Å²) in [4.78, 5) is 12.2. The summed E-state index contributed by atoms with van der Waals surface area (Å²) in [5.74, 6) is 1.58. The van der Waals surface area contributed by atoms with Crippen molar-refractivity contribution in [3.8, 4) is 11.5 Å². The maximum absolute atomic E-state index is 12.2. The summed E-state index contributed by atoms with van der Waals surface area (Å²) in [6.45, 7) is 0. The van der Waals surface area contributed by atoms with Crippen LogP contribution in [0.2, 0.25) is 5.02 Å². The summed E-state index contributed by atoms with van der Waals surface area (Å²) < 4.78 is 10.4. The molecule has 0 aliphatic heterocycles. The number of anilines is 1. The Balaban J connectivity index is 2.05. The molecule has 1 aromatic carbocycles. The highest BCUT2D eigenvalue weighted by atomic mass is 35.5. The van der Waals surface area contributed by atoms with E-state index in [-0.39, 0.29) is 5.91 Å². The highest BCUT2D eigenvalue weighted by molar-refractivity contribution is 6.32. The van der Waals surface area contributed by atoms with Gasteiger partial charge in [-0.15, -0.1) is 0 Å². The van der Waals surface area contributed by atoms with Crippen LogP contribution < -0.4 is 14.8 Å². The van der Waals surface area contributed by atoms with Gasteiger partial charge in [-0.25, -0.2) is 0 Å². The molecule has 2 rings (SSSR count). The number of hydrogen-bond donors (Lipinski definition) is 1. The molecule has 5 heteroatoms. The number of ether oxygens (including phenoxy) is 2. The predicted molar refractivity (Wildman–Crippen MR) is 84.4 cm³/mol. The summed E-state index contributed by atoms with van der Waals surface area (Å²) in [7, 11) is 3.09. The summed E-state index contributed by atoms with van der Waals surface area (Å²) in [6, 6.07) is 3.34. The maximum Gasteiger partial charge on any atom is 0.224 e. The second-order valence-corrected chi connectivity index (χ2v) is 5.85. The van der Waals surface area contributed by atoms with Crippen molar-refractivity contribution < 1.29 is 14.3 Å². The first-order valence-electron chi connectivity index (χ1n) is 7.35. The standard InChI is InChI=1S/C16H22ClNO3/c1-20-14-10-13(15(21-2)9-12(14)17)18-16(19)8-11-6-4-3-5-7-11/h9-11H,3-8H2,1-2H3,(H,18,19). The minimum Gasteiger partial charge on any atom is -0.495 e. The number of benzene rings is 1. The molecule has 0 bridgehead atoms. The van der Waals surface area contributed by atoms with Crippen molar-refractivity contribution in [2.24, 2.45) is 5.92 Å². The Morgan fingerprint density at radius 2 is 1.86 bits per heavy atom. The predicted octanol–water partition coefficient (Wildman–Crippen LogP) is 4.27. The molecule has 0 aromatic heterocycles. The van der Waals surface area contributed by atoms with Gasteiger partial charge in [-0.2, -0.15) is 0 Å². The van der Waals surface area contributed by atoms with Gasteiger partial charge in [0.25, 0.3) is 0 Å². The van der Waals surface area contributed by atoms with Gasteiger partial charge >= 0.3 is 0 Å². The van der Waals surface area contributed by atoms with Gasteiger partial charge in [0.2, 0.25) is 5.91 Å². The van der Waals surface area contributed by atoms with E-state index < -0.39 is 0 Å². The fraction of sp³-hybridized carbons (Fsp3) is 0.562. The maximum atomic E-state index is 12.2. The van der Waals surface area contributed by atoms with Crippen LogP contribution in [0.15, 0.2) is 12.1 Å². The molecule has 0 heterocycles. The molecule has 1 aromatic rings. The van der Waals surface area contributed by atoms with Crippen molar-refractivity contribution >= 4 is 23.2 Å².